The van der Waals surface area contributed by atoms with Gasteiger partial charge in [0, 0.05) is 27.7 Å². The van der Waals surface area contributed by atoms with E-state index in [9.17, 15) is 4.79 Å². The number of carbonyl (C=O) groups is 1. The molecule has 94 valence electrons. The van der Waals surface area contributed by atoms with Crippen molar-refractivity contribution in [2.24, 2.45) is 0 Å². The summed E-state index contributed by atoms with van der Waals surface area (Å²) in [4.78, 5) is 17.6. The summed E-state index contributed by atoms with van der Waals surface area (Å²) in [6, 6.07) is 7.49. The van der Waals surface area contributed by atoms with Crippen LogP contribution in [0.15, 0.2) is 34.9 Å². The molecule has 0 aliphatic heterocycles. The molecule has 0 atom stereocenters. The molecule has 0 aromatic carbocycles. The summed E-state index contributed by atoms with van der Waals surface area (Å²) in [5, 5.41) is 0. The first-order chi connectivity index (χ1) is 8.66. The van der Waals surface area contributed by atoms with Crippen LogP contribution in [0.2, 0.25) is 0 Å². The van der Waals surface area contributed by atoms with Gasteiger partial charge in [0.2, 0.25) is 0 Å². The van der Waals surface area contributed by atoms with Crippen LogP contribution in [0.3, 0.4) is 0 Å². The Morgan fingerprint density at radius 3 is 2.94 bits per heavy atom. The Morgan fingerprint density at radius 2 is 2.33 bits per heavy atom. The number of halogens is 1. The van der Waals surface area contributed by atoms with Gasteiger partial charge in [0.1, 0.15) is 4.88 Å². The van der Waals surface area contributed by atoms with Crippen molar-refractivity contribution in [2.45, 2.75) is 13.3 Å². The van der Waals surface area contributed by atoms with Gasteiger partial charge in [-0.2, -0.15) is 0 Å². The molecule has 0 aliphatic carbocycles. The van der Waals surface area contributed by atoms with Crippen molar-refractivity contribution in [1.82, 2.24) is 4.98 Å². The Kier molecular flexibility index (Phi) is 4.49. The molecule has 2 aromatic heterocycles. The lowest BCUT2D eigenvalue weighted by Crippen LogP contribution is -2.07. The van der Waals surface area contributed by atoms with Crippen molar-refractivity contribution >= 4 is 33.2 Å². The Bertz CT molecular complexity index is 520. The van der Waals surface area contributed by atoms with E-state index in [1.54, 1.807) is 12.3 Å². The fraction of sp³-hybridized carbons (Fsp3) is 0.231. The Morgan fingerprint density at radius 1 is 1.50 bits per heavy atom. The third-order valence-electron chi connectivity index (χ3n) is 2.38. The van der Waals surface area contributed by atoms with Crippen LogP contribution in [-0.2, 0) is 11.2 Å². The molecule has 0 N–H and O–H groups in total. The third-order valence-corrected chi connectivity index (χ3v) is 4.49. The van der Waals surface area contributed by atoms with Gasteiger partial charge in [0.25, 0.3) is 0 Å². The van der Waals surface area contributed by atoms with Gasteiger partial charge < -0.3 is 4.74 Å². The van der Waals surface area contributed by atoms with E-state index >= 15 is 0 Å². The molecule has 18 heavy (non-hydrogen) atoms. The second-order valence-corrected chi connectivity index (χ2v) is 5.83. The van der Waals surface area contributed by atoms with Gasteiger partial charge in [0.15, 0.2) is 0 Å². The van der Waals surface area contributed by atoms with Crippen LogP contribution in [0.4, 0.5) is 0 Å². The zero-order valence-electron chi connectivity index (χ0n) is 9.85. The zero-order valence-corrected chi connectivity index (χ0v) is 12.3. The van der Waals surface area contributed by atoms with Crippen molar-refractivity contribution < 1.29 is 9.53 Å². The summed E-state index contributed by atoms with van der Waals surface area (Å²) >= 11 is 4.81. The van der Waals surface area contributed by atoms with Crippen molar-refractivity contribution in [3.63, 3.8) is 0 Å². The van der Waals surface area contributed by atoms with Gasteiger partial charge in [-0.25, -0.2) is 4.79 Å². The van der Waals surface area contributed by atoms with Gasteiger partial charge in [-0.3, -0.25) is 4.98 Å². The highest BCUT2D eigenvalue weighted by Gasteiger charge is 2.12. The van der Waals surface area contributed by atoms with Gasteiger partial charge >= 0.3 is 5.97 Å². The van der Waals surface area contributed by atoms with Crippen molar-refractivity contribution in [3.05, 3.63) is 50.4 Å². The highest BCUT2D eigenvalue weighted by atomic mass is 79.9. The topological polar surface area (TPSA) is 39.2 Å². The van der Waals surface area contributed by atoms with Crippen LogP contribution >= 0.6 is 27.3 Å². The molecule has 3 nitrogen and oxygen atoms in total. The Balaban J connectivity index is 1.85. The fourth-order valence-electron chi connectivity index (χ4n) is 1.43. The molecular formula is C13H12BrNO2S. The lowest BCUT2D eigenvalue weighted by Gasteiger charge is -2.02. The number of aryl methyl sites for hydroxylation is 1. The molecule has 0 fully saturated rings. The van der Waals surface area contributed by atoms with E-state index in [1.165, 1.54) is 11.3 Å². The first-order valence-electron chi connectivity index (χ1n) is 5.50. The number of ether oxygens (including phenoxy) is 1. The van der Waals surface area contributed by atoms with Crippen LogP contribution in [0.5, 0.6) is 0 Å². The van der Waals surface area contributed by atoms with Crippen molar-refractivity contribution in [2.75, 3.05) is 6.61 Å². The minimum atomic E-state index is -0.273. The van der Waals surface area contributed by atoms with Crippen molar-refractivity contribution in [3.8, 4) is 0 Å². The molecule has 0 spiro atoms. The van der Waals surface area contributed by atoms with E-state index in [1.807, 2.05) is 25.1 Å². The van der Waals surface area contributed by atoms with Crippen LogP contribution < -0.4 is 0 Å². The molecule has 0 aliphatic rings. The number of carbonyl (C=O) groups excluding carboxylic acids is 1. The lowest BCUT2D eigenvalue weighted by molar-refractivity contribution is 0.0514. The van der Waals surface area contributed by atoms with Crippen molar-refractivity contribution in [1.29, 1.82) is 0 Å². The first kappa shape index (κ1) is 13.2. The highest BCUT2D eigenvalue weighted by molar-refractivity contribution is 9.10. The number of aromatic nitrogens is 1. The zero-order chi connectivity index (χ0) is 13.0. The highest BCUT2D eigenvalue weighted by Crippen LogP contribution is 2.26. The van der Waals surface area contributed by atoms with Crippen LogP contribution in [0.25, 0.3) is 0 Å². The number of thiophene rings is 1. The van der Waals surface area contributed by atoms with E-state index in [0.717, 1.165) is 15.0 Å². The van der Waals surface area contributed by atoms with E-state index in [-0.39, 0.29) is 5.97 Å². The molecular weight excluding hydrogens is 314 g/mol. The van der Waals surface area contributed by atoms with Gasteiger partial charge in [-0.15, -0.1) is 11.3 Å². The van der Waals surface area contributed by atoms with Crippen LogP contribution in [0.1, 0.15) is 20.2 Å². The van der Waals surface area contributed by atoms with E-state index in [0.29, 0.717) is 17.9 Å². The molecule has 0 bridgehead atoms. The molecule has 2 heterocycles. The second kappa shape index (κ2) is 6.11. The summed E-state index contributed by atoms with van der Waals surface area (Å²) < 4.78 is 6.16. The van der Waals surface area contributed by atoms with Crippen LogP contribution in [-0.4, -0.2) is 17.6 Å². The number of rotatable bonds is 4. The first-order valence-corrected chi connectivity index (χ1v) is 7.11. The fourth-order valence-corrected chi connectivity index (χ4v) is 2.85. The maximum Gasteiger partial charge on any atom is 0.348 e. The normalized spacial score (nSPS) is 10.3. The summed E-state index contributed by atoms with van der Waals surface area (Å²) in [5.41, 5.74) is 0.925. The quantitative estimate of drug-likeness (QED) is 0.806. The summed E-state index contributed by atoms with van der Waals surface area (Å²) in [5.74, 6) is -0.273. The lowest BCUT2D eigenvalue weighted by atomic mass is 10.3. The maximum absolute atomic E-state index is 11.7. The second-order valence-electron chi connectivity index (χ2n) is 3.72. The summed E-state index contributed by atoms with van der Waals surface area (Å²) in [6.45, 7) is 2.31. The van der Waals surface area contributed by atoms with E-state index in [4.69, 9.17) is 4.74 Å². The number of hydrogen-bond acceptors (Lipinski definition) is 4. The Labute approximate surface area is 118 Å². The Hall–Kier alpha value is -1.20. The predicted molar refractivity (Wildman–Crippen MR) is 75.0 cm³/mol. The van der Waals surface area contributed by atoms with E-state index in [2.05, 4.69) is 20.9 Å². The largest absolute Gasteiger partial charge is 0.461 e. The van der Waals surface area contributed by atoms with E-state index < -0.39 is 0 Å². The van der Waals surface area contributed by atoms with Gasteiger partial charge in [-0.1, -0.05) is 6.07 Å². The minimum Gasteiger partial charge on any atom is -0.461 e. The molecule has 0 radical (unpaired) electrons. The third kappa shape index (κ3) is 3.40. The molecule has 0 saturated heterocycles. The average Bonchev–Trinajstić information content (AvgIpc) is 2.71. The standard InChI is InChI=1S/C13H12BrNO2S/c1-9-11(14)8-12(18-9)13(16)17-7-5-10-4-2-3-6-15-10/h2-4,6,8H,5,7H2,1H3. The molecule has 2 aromatic rings. The number of nitrogens with zero attached hydrogens (tertiary/aromatic N) is 1. The van der Waals surface area contributed by atoms with Gasteiger partial charge in [0.05, 0.1) is 6.61 Å². The minimum absolute atomic E-state index is 0.273. The average molecular weight is 326 g/mol. The summed E-state index contributed by atoms with van der Waals surface area (Å²) in [7, 11) is 0. The number of pyridine rings is 1. The monoisotopic (exact) mass is 325 g/mol. The van der Waals surface area contributed by atoms with Gasteiger partial charge in [-0.05, 0) is 41.1 Å². The molecule has 0 unspecified atom stereocenters. The number of hydrogen-bond donors (Lipinski definition) is 0. The SMILES string of the molecule is Cc1sc(C(=O)OCCc2ccccn2)cc1Br. The smallest absolute Gasteiger partial charge is 0.348 e. The predicted octanol–water partition coefficient (Wildman–Crippen LogP) is 3.61. The van der Waals surface area contributed by atoms with Crippen LogP contribution in [0, 0.1) is 6.92 Å². The molecule has 2 rings (SSSR count). The molecule has 0 amide bonds. The maximum atomic E-state index is 11.7. The summed E-state index contributed by atoms with van der Waals surface area (Å²) in [6.07, 6.45) is 2.37. The molecule has 0 saturated carbocycles. The number of esters is 1. The molecule has 5 heteroatoms.